The van der Waals surface area contributed by atoms with Gasteiger partial charge in [-0.2, -0.15) is 0 Å². The van der Waals surface area contributed by atoms with Crippen molar-refractivity contribution in [1.29, 1.82) is 0 Å². The average molecular weight is 381 g/mol. The summed E-state index contributed by atoms with van der Waals surface area (Å²) >= 11 is 5.94. The van der Waals surface area contributed by atoms with Gasteiger partial charge in [-0.25, -0.2) is 8.78 Å². The Hall–Kier alpha value is -2.52. The second-order valence-corrected chi connectivity index (χ2v) is 6.66. The summed E-state index contributed by atoms with van der Waals surface area (Å²) in [6.07, 6.45) is 1.39. The third kappa shape index (κ3) is 3.62. The monoisotopic (exact) mass is 381 g/mol. The van der Waals surface area contributed by atoms with E-state index in [9.17, 15) is 18.4 Å². The van der Waals surface area contributed by atoms with Crippen LogP contribution < -0.4 is 0 Å². The molecule has 0 spiro atoms. The van der Waals surface area contributed by atoms with Crippen molar-refractivity contribution in [2.24, 2.45) is 0 Å². The molecule has 1 aromatic carbocycles. The lowest BCUT2D eigenvalue weighted by Crippen LogP contribution is -2.33. The number of halogens is 2. The molecule has 0 bridgehead atoms. The van der Waals surface area contributed by atoms with Crippen LogP contribution in [0.4, 0.5) is 8.78 Å². The fourth-order valence-electron chi connectivity index (χ4n) is 2.17. The number of carbonyl (C=O) groups is 2. The van der Waals surface area contributed by atoms with Crippen LogP contribution in [0.2, 0.25) is 0 Å². The number of nitrogens with zero attached hydrogens (tertiary/aromatic N) is 1. The smallest absolute Gasteiger partial charge is 0.323 e. The molecule has 0 saturated carbocycles. The van der Waals surface area contributed by atoms with E-state index in [1.54, 1.807) is 0 Å². The molecule has 2 aromatic rings. The average Bonchev–Trinajstić information content (AvgIpc) is 3.08. The Labute approximate surface area is 149 Å². The zero-order valence-electron chi connectivity index (χ0n) is 12.4. The number of benzene rings is 1. The first-order valence-corrected chi connectivity index (χ1v) is 8.10. The summed E-state index contributed by atoms with van der Waals surface area (Å²) in [6.45, 7) is -0.522. The van der Waals surface area contributed by atoms with Crippen LogP contribution in [0, 0.1) is 11.6 Å². The maximum absolute atomic E-state index is 13.8. The summed E-state index contributed by atoms with van der Waals surface area (Å²) in [5.41, 5.74) is 0.0828. The van der Waals surface area contributed by atoms with E-state index < -0.39 is 30.1 Å². The fraction of sp³-hybridized carbons (Fsp3) is 0.0625. The van der Waals surface area contributed by atoms with Crippen LogP contribution in [-0.4, -0.2) is 32.7 Å². The van der Waals surface area contributed by atoms with Gasteiger partial charge in [0.2, 0.25) is 0 Å². The minimum absolute atomic E-state index is 0.0828. The fourth-order valence-corrected chi connectivity index (χ4v) is 3.40. The summed E-state index contributed by atoms with van der Waals surface area (Å²) in [7, 11) is 0. The molecule has 9 heteroatoms. The van der Waals surface area contributed by atoms with Crippen molar-refractivity contribution < 1.29 is 27.9 Å². The predicted octanol–water partition coefficient (Wildman–Crippen LogP) is 3.51. The number of rotatable bonds is 4. The first kappa shape index (κ1) is 17.3. The maximum Gasteiger partial charge on any atom is 0.323 e. The van der Waals surface area contributed by atoms with Gasteiger partial charge in [-0.3, -0.25) is 14.5 Å². The van der Waals surface area contributed by atoms with Crippen molar-refractivity contribution in [3.63, 3.8) is 0 Å². The Balaban J connectivity index is 1.86. The Kier molecular flexibility index (Phi) is 4.69. The second-order valence-electron chi connectivity index (χ2n) is 4.99. The van der Waals surface area contributed by atoms with Gasteiger partial charge in [-0.05, 0) is 24.3 Å². The molecule has 25 heavy (non-hydrogen) atoms. The van der Waals surface area contributed by atoms with E-state index in [1.807, 2.05) is 0 Å². The molecule has 128 valence electrons. The molecule has 5 nitrogen and oxygen atoms in total. The number of thiocarbonyl (C=S) groups is 1. The van der Waals surface area contributed by atoms with Crippen LogP contribution in [-0.2, 0) is 9.59 Å². The van der Waals surface area contributed by atoms with E-state index in [0.29, 0.717) is 0 Å². The van der Waals surface area contributed by atoms with Crippen molar-refractivity contribution in [2.45, 2.75) is 0 Å². The van der Waals surface area contributed by atoms with E-state index in [2.05, 4.69) is 0 Å². The van der Waals surface area contributed by atoms with E-state index in [1.165, 1.54) is 24.3 Å². The van der Waals surface area contributed by atoms with Gasteiger partial charge >= 0.3 is 5.97 Å². The molecular formula is C16H9F2NO4S2. The van der Waals surface area contributed by atoms with Crippen LogP contribution in [0.1, 0.15) is 5.76 Å². The number of carbonyl (C=O) groups excluding carboxylic acids is 1. The summed E-state index contributed by atoms with van der Waals surface area (Å²) < 4.78 is 32.4. The molecule has 1 saturated heterocycles. The highest BCUT2D eigenvalue weighted by Crippen LogP contribution is 2.33. The van der Waals surface area contributed by atoms with Crippen LogP contribution in [0.15, 0.2) is 39.7 Å². The van der Waals surface area contributed by atoms with Gasteiger partial charge in [-0.1, -0.05) is 24.0 Å². The molecule has 0 atom stereocenters. The summed E-state index contributed by atoms with van der Waals surface area (Å²) in [6, 6.07) is 6.10. The topological polar surface area (TPSA) is 70.8 Å². The normalized spacial score (nSPS) is 16.1. The lowest BCUT2D eigenvalue weighted by atomic mass is 10.1. The van der Waals surface area contributed by atoms with Crippen LogP contribution >= 0.6 is 24.0 Å². The largest absolute Gasteiger partial charge is 0.480 e. The zero-order valence-corrected chi connectivity index (χ0v) is 14.0. The number of carboxylic acid groups (broad SMARTS) is 1. The van der Waals surface area contributed by atoms with Crippen molar-refractivity contribution in [3.05, 3.63) is 52.6 Å². The number of amides is 1. The molecular weight excluding hydrogens is 372 g/mol. The Morgan fingerprint density at radius 3 is 2.76 bits per heavy atom. The first-order chi connectivity index (χ1) is 11.8. The van der Waals surface area contributed by atoms with Crippen LogP contribution in [0.3, 0.4) is 0 Å². The lowest BCUT2D eigenvalue weighted by Gasteiger charge is -2.09. The molecule has 0 aliphatic carbocycles. The minimum Gasteiger partial charge on any atom is -0.480 e. The third-order valence-electron chi connectivity index (χ3n) is 3.26. The van der Waals surface area contributed by atoms with Gasteiger partial charge in [-0.15, -0.1) is 0 Å². The summed E-state index contributed by atoms with van der Waals surface area (Å²) in [5.74, 6) is -2.75. The number of thioether (sulfide) groups is 1. The van der Waals surface area contributed by atoms with Gasteiger partial charge < -0.3 is 9.52 Å². The SMILES string of the molecule is O=C(O)CN1C(=O)C(=Cc2ccc(-c3ccc(F)cc3F)o2)SC1=S. The van der Waals surface area contributed by atoms with Crippen LogP contribution in [0.25, 0.3) is 17.4 Å². The Morgan fingerprint density at radius 2 is 2.08 bits per heavy atom. The summed E-state index contributed by atoms with van der Waals surface area (Å²) in [4.78, 5) is 24.1. The number of carboxylic acids is 1. The first-order valence-electron chi connectivity index (χ1n) is 6.87. The van der Waals surface area contributed by atoms with Gasteiger partial charge in [0, 0.05) is 12.1 Å². The van der Waals surface area contributed by atoms with Crippen LogP contribution in [0.5, 0.6) is 0 Å². The standard InChI is InChI=1S/C16H9F2NO4S2/c17-8-1-3-10(11(18)5-8)12-4-2-9(23-12)6-13-15(22)19(7-14(20)21)16(24)25-13/h1-6H,7H2,(H,20,21). The molecule has 2 heterocycles. The van der Waals surface area contributed by atoms with Gasteiger partial charge in [0.15, 0.2) is 0 Å². The Bertz CT molecular complexity index is 923. The van der Waals surface area contributed by atoms with E-state index >= 15 is 0 Å². The molecule has 0 unspecified atom stereocenters. The maximum atomic E-state index is 13.8. The molecule has 1 aromatic heterocycles. The molecule has 0 radical (unpaired) electrons. The van der Waals surface area contributed by atoms with E-state index in [-0.39, 0.29) is 26.3 Å². The molecule has 1 N–H and O–H groups in total. The second kappa shape index (κ2) is 6.77. The highest BCUT2D eigenvalue weighted by atomic mass is 32.2. The van der Waals surface area contributed by atoms with Gasteiger partial charge in [0.1, 0.15) is 34.0 Å². The molecule has 1 aliphatic heterocycles. The molecule has 1 amide bonds. The molecule has 3 rings (SSSR count). The number of furan rings is 1. The molecule has 1 aliphatic rings. The number of hydrogen-bond donors (Lipinski definition) is 1. The zero-order chi connectivity index (χ0) is 18.1. The lowest BCUT2D eigenvalue weighted by molar-refractivity contribution is -0.140. The predicted molar refractivity (Wildman–Crippen MR) is 91.6 cm³/mol. The van der Waals surface area contributed by atoms with E-state index in [0.717, 1.165) is 28.8 Å². The highest BCUT2D eigenvalue weighted by Gasteiger charge is 2.33. The van der Waals surface area contributed by atoms with Gasteiger partial charge in [0.25, 0.3) is 5.91 Å². The van der Waals surface area contributed by atoms with Crippen molar-refractivity contribution in [1.82, 2.24) is 4.90 Å². The van der Waals surface area contributed by atoms with Crippen molar-refractivity contribution in [3.8, 4) is 11.3 Å². The molecule has 1 fully saturated rings. The van der Waals surface area contributed by atoms with Crippen molar-refractivity contribution in [2.75, 3.05) is 6.54 Å². The minimum atomic E-state index is -1.18. The number of aliphatic carboxylic acids is 1. The quantitative estimate of drug-likeness (QED) is 0.646. The van der Waals surface area contributed by atoms with Crippen molar-refractivity contribution >= 4 is 46.3 Å². The number of hydrogen-bond acceptors (Lipinski definition) is 5. The summed E-state index contributed by atoms with van der Waals surface area (Å²) in [5, 5.41) is 8.80. The third-order valence-corrected chi connectivity index (χ3v) is 4.64. The highest BCUT2D eigenvalue weighted by molar-refractivity contribution is 8.26. The van der Waals surface area contributed by atoms with Gasteiger partial charge in [0.05, 0.1) is 10.5 Å². The van der Waals surface area contributed by atoms with E-state index in [4.69, 9.17) is 21.7 Å². The Morgan fingerprint density at radius 1 is 1.32 bits per heavy atom.